The van der Waals surface area contributed by atoms with Gasteiger partial charge >= 0.3 is 6.01 Å². The maximum absolute atomic E-state index is 16.8. The Morgan fingerprint density at radius 2 is 1.98 bits per heavy atom. The van der Waals surface area contributed by atoms with Crippen molar-refractivity contribution in [3.8, 4) is 34.9 Å². The van der Waals surface area contributed by atoms with E-state index in [9.17, 15) is 9.50 Å². The topological polar surface area (TPSA) is 83.8 Å². The molecule has 0 saturated carbocycles. The van der Waals surface area contributed by atoms with Gasteiger partial charge in [-0.3, -0.25) is 0 Å². The van der Waals surface area contributed by atoms with Gasteiger partial charge in [0.15, 0.2) is 5.82 Å². The van der Waals surface area contributed by atoms with Crippen LogP contribution in [0.15, 0.2) is 30.3 Å². The van der Waals surface area contributed by atoms with Gasteiger partial charge < -0.3 is 24.4 Å². The lowest BCUT2D eigenvalue weighted by molar-refractivity contribution is -0.151. The van der Waals surface area contributed by atoms with Crippen LogP contribution < -0.4 is 9.64 Å². The van der Waals surface area contributed by atoms with Crippen LogP contribution in [0.4, 0.5) is 14.6 Å². The number of phenolic OH excluding ortho intramolecular Hbond substituents is 1. The van der Waals surface area contributed by atoms with Gasteiger partial charge in [-0.1, -0.05) is 12.0 Å². The Bertz CT molecular complexity index is 1800. The number of hydrogen-bond donors (Lipinski definition) is 1. The molecular formula is C33H33F2N5O3. The molecule has 2 aromatic heterocycles. The molecule has 0 aliphatic carbocycles. The molecule has 3 aliphatic heterocycles. The number of piperidine rings is 1. The van der Waals surface area contributed by atoms with E-state index in [2.05, 4.69) is 38.7 Å². The van der Waals surface area contributed by atoms with E-state index in [1.54, 1.807) is 13.0 Å². The van der Waals surface area contributed by atoms with E-state index in [0.29, 0.717) is 47.4 Å². The van der Waals surface area contributed by atoms with E-state index in [0.717, 1.165) is 45.3 Å². The van der Waals surface area contributed by atoms with Gasteiger partial charge in [0.1, 0.15) is 40.9 Å². The van der Waals surface area contributed by atoms with Crippen LogP contribution in [-0.2, 0) is 4.74 Å². The number of likely N-dealkylation sites (tertiary alicyclic amines) is 1. The second-order valence-corrected chi connectivity index (χ2v) is 11.8. The quantitative estimate of drug-likeness (QED) is 0.311. The van der Waals surface area contributed by atoms with Gasteiger partial charge in [-0.2, -0.15) is 9.97 Å². The molecule has 1 spiro atoms. The molecule has 43 heavy (non-hydrogen) atoms. The van der Waals surface area contributed by atoms with Crippen LogP contribution in [0.25, 0.3) is 32.9 Å². The maximum atomic E-state index is 16.8. The first-order valence-corrected chi connectivity index (χ1v) is 14.8. The minimum atomic E-state index is -0.717. The summed E-state index contributed by atoms with van der Waals surface area (Å²) in [6.45, 7) is 5.11. The zero-order chi connectivity index (χ0) is 29.7. The van der Waals surface area contributed by atoms with Crippen molar-refractivity contribution in [2.24, 2.45) is 0 Å². The lowest BCUT2D eigenvalue weighted by Crippen LogP contribution is -2.56. The molecule has 1 N–H and O–H groups in total. The molecule has 8 nitrogen and oxygen atoms in total. The van der Waals surface area contributed by atoms with E-state index in [-0.39, 0.29) is 40.2 Å². The highest BCUT2D eigenvalue weighted by Crippen LogP contribution is 2.41. The highest BCUT2D eigenvalue weighted by atomic mass is 19.1. The minimum absolute atomic E-state index is 0.0181. The third-order valence-electron chi connectivity index (χ3n) is 9.03. The van der Waals surface area contributed by atoms with Crippen molar-refractivity contribution in [3.05, 3.63) is 47.7 Å². The molecular weight excluding hydrogens is 552 g/mol. The number of halogens is 2. The molecule has 0 bridgehead atoms. The number of aromatic nitrogens is 3. The zero-order valence-electron chi connectivity index (χ0n) is 24.3. The van der Waals surface area contributed by atoms with Crippen molar-refractivity contribution in [1.82, 2.24) is 19.9 Å². The summed E-state index contributed by atoms with van der Waals surface area (Å²) in [7, 11) is 2.06. The minimum Gasteiger partial charge on any atom is -0.508 e. The highest BCUT2D eigenvalue weighted by molar-refractivity contribution is 6.01. The third kappa shape index (κ3) is 5.00. The molecule has 2 atom stereocenters. The average molecular weight is 586 g/mol. The maximum Gasteiger partial charge on any atom is 0.319 e. The highest BCUT2D eigenvalue weighted by Gasteiger charge is 2.43. The fourth-order valence-corrected chi connectivity index (χ4v) is 6.68. The lowest BCUT2D eigenvalue weighted by Gasteiger charge is -2.48. The van der Waals surface area contributed by atoms with E-state index in [1.807, 2.05) is 0 Å². The van der Waals surface area contributed by atoms with Gasteiger partial charge in [-0.05, 0) is 87.2 Å². The van der Waals surface area contributed by atoms with Crippen LogP contribution in [0, 0.1) is 23.5 Å². The van der Waals surface area contributed by atoms with Crippen LogP contribution >= 0.6 is 0 Å². The van der Waals surface area contributed by atoms with Crippen molar-refractivity contribution >= 4 is 27.5 Å². The monoisotopic (exact) mass is 585 g/mol. The van der Waals surface area contributed by atoms with Crippen molar-refractivity contribution in [3.63, 3.8) is 0 Å². The zero-order valence-corrected chi connectivity index (χ0v) is 24.3. The number of benzene rings is 2. The lowest BCUT2D eigenvalue weighted by atomic mass is 9.85. The molecule has 5 heterocycles. The second-order valence-electron chi connectivity index (χ2n) is 11.8. The second kappa shape index (κ2) is 10.9. The molecule has 3 aliphatic rings. The summed E-state index contributed by atoms with van der Waals surface area (Å²) < 4.78 is 43.4. The number of aromatic hydroxyl groups is 1. The summed E-state index contributed by atoms with van der Waals surface area (Å²) in [5, 5.41) is 11.9. The summed E-state index contributed by atoms with van der Waals surface area (Å²) in [4.78, 5) is 18.5. The predicted molar refractivity (Wildman–Crippen MR) is 160 cm³/mol. The molecule has 10 heteroatoms. The number of likely N-dealkylation sites (N-methyl/N-ethyl adjacent to an activating group) is 1. The Balaban J connectivity index is 1.44. The summed E-state index contributed by atoms with van der Waals surface area (Å²) in [5.41, 5.74) is 0.233. The Kier molecular flexibility index (Phi) is 7.02. The Hall–Kier alpha value is -4.07. The Labute approximate surface area is 248 Å². The number of fused-ring (bicyclic) bond motifs is 2. The van der Waals surface area contributed by atoms with E-state index < -0.39 is 11.6 Å². The Morgan fingerprint density at radius 1 is 1.12 bits per heavy atom. The van der Waals surface area contributed by atoms with Crippen LogP contribution in [0.5, 0.6) is 11.8 Å². The standard InChI is InChI=1S/C33H33F2N5O3/c1-3-6-26-27-30(28(35)29(36-26)25-17-23(41)15-20-8-9-21(34)16-24(20)25)37-32(42-18-22-7-4-12-39(22)2)38-31(27)40-13-5-10-33(19-40)11-14-43-33/h8-9,15-17,22,41H,4-5,7,10-14,18-19H2,1-2H3/t22-,33?/m0/s1. The summed E-state index contributed by atoms with van der Waals surface area (Å²) in [6, 6.07) is 7.34. The molecule has 2 aromatic carbocycles. The molecule has 4 aromatic rings. The normalized spacial score (nSPS) is 22.1. The molecule has 3 saturated heterocycles. The van der Waals surface area contributed by atoms with Crippen LogP contribution in [0.2, 0.25) is 0 Å². The summed E-state index contributed by atoms with van der Waals surface area (Å²) in [5.74, 6) is 5.16. The van der Waals surface area contributed by atoms with Crippen LogP contribution in [0.3, 0.4) is 0 Å². The first kappa shape index (κ1) is 27.7. The first-order valence-electron chi connectivity index (χ1n) is 14.8. The molecule has 222 valence electrons. The van der Waals surface area contributed by atoms with Crippen molar-refractivity contribution in [1.29, 1.82) is 0 Å². The van der Waals surface area contributed by atoms with Gasteiger partial charge in [0.05, 0.1) is 17.6 Å². The van der Waals surface area contributed by atoms with E-state index in [1.165, 1.54) is 24.3 Å². The van der Waals surface area contributed by atoms with Crippen molar-refractivity contribution < 1.29 is 23.4 Å². The summed E-state index contributed by atoms with van der Waals surface area (Å²) in [6.07, 6.45) is 4.92. The smallest absolute Gasteiger partial charge is 0.319 e. The number of phenols is 1. The van der Waals surface area contributed by atoms with Crippen molar-refractivity contribution in [2.45, 2.75) is 50.7 Å². The average Bonchev–Trinajstić information content (AvgIpc) is 3.40. The number of anilines is 1. The van der Waals surface area contributed by atoms with Gasteiger partial charge in [-0.15, -0.1) is 0 Å². The summed E-state index contributed by atoms with van der Waals surface area (Å²) >= 11 is 0. The van der Waals surface area contributed by atoms with Gasteiger partial charge in [0.25, 0.3) is 0 Å². The number of pyridine rings is 1. The molecule has 7 rings (SSSR count). The van der Waals surface area contributed by atoms with E-state index in [4.69, 9.17) is 14.5 Å². The fraction of sp³-hybridized carbons (Fsp3) is 0.424. The molecule has 3 fully saturated rings. The van der Waals surface area contributed by atoms with Crippen LogP contribution in [0.1, 0.15) is 44.7 Å². The van der Waals surface area contributed by atoms with Crippen LogP contribution in [-0.4, -0.2) is 76.5 Å². The largest absolute Gasteiger partial charge is 0.508 e. The molecule has 0 amide bonds. The fourth-order valence-electron chi connectivity index (χ4n) is 6.68. The Morgan fingerprint density at radius 3 is 2.72 bits per heavy atom. The third-order valence-corrected chi connectivity index (χ3v) is 9.03. The number of ether oxygens (including phenoxy) is 2. The predicted octanol–water partition coefficient (Wildman–Crippen LogP) is 5.43. The SMILES string of the molecule is CC#Cc1nc(-c2cc(O)cc3ccc(F)cc23)c(F)c2nc(OC[C@@H]3CCCN3C)nc(N3CCCC4(CCO4)C3)c12. The van der Waals surface area contributed by atoms with Gasteiger partial charge in [0.2, 0.25) is 0 Å². The van der Waals surface area contributed by atoms with Crippen molar-refractivity contribution in [2.75, 3.05) is 44.8 Å². The number of nitrogens with zero attached hydrogens (tertiary/aromatic N) is 5. The van der Waals surface area contributed by atoms with Gasteiger partial charge in [0, 0.05) is 31.1 Å². The molecule has 0 radical (unpaired) electrons. The molecule has 1 unspecified atom stereocenters. The van der Waals surface area contributed by atoms with Gasteiger partial charge in [-0.25, -0.2) is 13.8 Å². The number of rotatable bonds is 5. The number of hydrogen-bond acceptors (Lipinski definition) is 8. The van der Waals surface area contributed by atoms with E-state index >= 15 is 4.39 Å². The first-order chi connectivity index (χ1) is 20.8.